The van der Waals surface area contributed by atoms with Crippen LogP contribution < -0.4 is 10.1 Å². The molecule has 3 aromatic rings. The van der Waals surface area contributed by atoms with Crippen molar-refractivity contribution in [3.8, 4) is 5.75 Å². The van der Waals surface area contributed by atoms with Crippen molar-refractivity contribution in [3.05, 3.63) is 58.5 Å². The van der Waals surface area contributed by atoms with Crippen LogP contribution in [0.5, 0.6) is 5.75 Å². The lowest BCUT2D eigenvalue weighted by Gasteiger charge is -2.20. The summed E-state index contributed by atoms with van der Waals surface area (Å²) in [5, 5.41) is 11.9. The van der Waals surface area contributed by atoms with Crippen LogP contribution in [-0.2, 0) is 17.3 Å². The topological polar surface area (TPSA) is 81.9 Å². The molecule has 0 saturated heterocycles. The molecule has 1 unspecified atom stereocenters. The molecule has 7 nitrogen and oxygen atoms in total. The number of nitrogens with zero attached hydrogens (tertiary/aromatic N) is 4. The summed E-state index contributed by atoms with van der Waals surface area (Å²) < 4.78 is 8.76. The number of rotatable bonds is 7. The van der Waals surface area contributed by atoms with Gasteiger partial charge in [0.15, 0.2) is 17.1 Å². The number of hydrogen-bond acceptors (Lipinski definition) is 6. The fourth-order valence-corrected chi connectivity index (χ4v) is 3.81. The highest BCUT2D eigenvalue weighted by atomic mass is 79.9. The van der Waals surface area contributed by atoms with Crippen LogP contribution in [0, 0.1) is 0 Å². The van der Waals surface area contributed by atoms with Gasteiger partial charge in [-0.25, -0.2) is 4.98 Å². The van der Waals surface area contributed by atoms with Gasteiger partial charge >= 0.3 is 0 Å². The van der Waals surface area contributed by atoms with Crippen LogP contribution in [-0.4, -0.2) is 31.4 Å². The van der Waals surface area contributed by atoms with Crippen molar-refractivity contribution in [1.82, 2.24) is 19.7 Å². The number of benzene rings is 1. The molecule has 0 aliphatic carbocycles. The second-order valence-electron chi connectivity index (χ2n) is 8.13. The van der Waals surface area contributed by atoms with Gasteiger partial charge in [-0.15, -0.1) is 10.2 Å². The van der Waals surface area contributed by atoms with Crippen molar-refractivity contribution in [2.45, 2.75) is 44.4 Å². The van der Waals surface area contributed by atoms with Gasteiger partial charge < -0.3 is 14.6 Å². The third-order valence-electron chi connectivity index (χ3n) is 4.59. The zero-order valence-electron chi connectivity index (χ0n) is 18.2. The number of hydrogen-bond donors (Lipinski definition) is 1. The van der Waals surface area contributed by atoms with Crippen molar-refractivity contribution in [2.24, 2.45) is 7.05 Å². The average molecular weight is 504 g/mol. The summed E-state index contributed by atoms with van der Waals surface area (Å²) in [7, 11) is 1.87. The van der Waals surface area contributed by atoms with Gasteiger partial charge in [-0.1, -0.05) is 44.7 Å². The Labute approximate surface area is 195 Å². The Morgan fingerprint density at radius 3 is 2.52 bits per heavy atom. The van der Waals surface area contributed by atoms with E-state index in [4.69, 9.17) is 4.74 Å². The monoisotopic (exact) mass is 503 g/mol. The number of ether oxygens (including phenoxy) is 1. The summed E-state index contributed by atoms with van der Waals surface area (Å²) in [5.74, 6) is 2.02. The molecule has 31 heavy (non-hydrogen) atoms. The first-order valence-electron chi connectivity index (χ1n) is 9.84. The standard InChI is InChI=1S/C22H26BrN5O2S/c1-14(30-17-9-6-15(7-10-17)22(2,3)4)20-26-27-21(28(20)5)31-13-19(29)25-18-11-8-16(23)12-24-18/h6-12,14H,13H2,1-5H3,(H,24,25,29). The average Bonchev–Trinajstić information content (AvgIpc) is 3.08. The number of pyridine rings is 1. The molecule has 0 fully saturated rings. The number of carbonyl (C=O) groups excluding carboxylic acids is 1. The molecule has 1 amide bonds. The molecule has 0 aliphatic heterocycles. The fraction of sp³-hybridized carbons (Fsp3) is 0.364. The smallest absolute Gasteiger partial charge is 0.236 e. The maximum absolute atomic E-state index is 12.2. The molecule has 164 valence electrons. The Balaban J connectivity index is 1.57. The highest BCUT2D eigenvalue weighted by Crippen LogP contribution is 2.27. The molecule has 2 heterocycles. The van der Waals surface area contributed by atoms with Crippen molar-refractivity contribution >= 4 is 39.4 Å². The van der Waals surface area contributed by atoms with Crippen LogP contribution in [0.2, 0.25) is 0 Å². The van der Waals surface area contributed by atoms with Gasteiger partial charge in [0.05, 0.1) is 5.75 Å². The first kappa shape index (κ1) is 23.3. The van der Waals surface area contributed by atoms with E-state index in [1.807, 2.05) is 36.7 Å². The summed E-state index contributed by atoms with van der Waals surface area (Å²) in [6.45, 7) is 8.47. The molecule has 0 saturated carbocycles. The van der Waals surface area contributed by atoms with Crippen LogP contribution >= 0.6 is 27.7 Å². The number of nitrogens with one attached hydrogen (secondary N) is 1. The van der Waals surface area contributed by atoms with Gasteiger partial charge in [-0.05, 0) is 58.1 Å². The van der Waals surface area contributed by atoms with Crippen LogP contribution in [0.3, 0.4) is 0 Å². The fourth-order valence-electron chi connectivity index (χ4n) is 2.85. The van der Waals surface area contributed by atoms with Crippen molar-refractivity contribution in [2.75, 3.05) is 11.1 Å². The Morgan fingerprint density at radius 1 is 1.19 bits per heavy atom. The third-order valence-corrected chi connectivity index (χ3v) is 6.08. The van der Waals surface area contributed by atoms with E-state index >= 15 is 0 Å². The largest absolute Gasteiger partial charge is 0.483 e. The SMILES string of the molecule is CC(Oc1ccc(C(C)(C)C)cc1)c1nnc(SCC(=O)Nc2ccc(Br)cn2)n1C. The van der Waals surface area contributed by atoms with Crippen LogP contribution in [0.1, 0.15) is 45.2 Å². The normalized spacial score (nSPS) is 12.5. The highest BCUT2D eigenvalue weighted by molar-refractivity contribution is 9.10. The van der Waals surface area contributed by atoms with E-state index < -0.39 is 0 Å². The van der Waals surface area contributed by atoms with E-state index in [2.05, 4.69) is 69.3 Å². The minimum Gasteiger partial charge on any atom is -0.483 e. The molecule has 0 spiro atoms. The summed E-state index contributed by atoms with van der Waals surface area (Å²) >= 11 is 4.63. The third kappa shape index (κ3) is 6.30. The molecule has 1 atom stereocenters. The molecule has 1 N–H and O–H groups in total. The zero-order chi connectivity index (χ0) is 22.6. The zero-order valence-corrected chi connectivity index (χ0v) is 20.6. The summed E-state index contributed by atoms with van der Waals surface area (Å²) in [5.41, 5.74) is 1.35. The number of thioether (sulfide) groups is 1. The van der Waals surface area contributed by atoms with Crippen LogP contribution in [0.25, 0.3) is 0 Å². The number of amides is 1. The molecule has 9 heteroatoms. The Morgan fingerprint density at radius 2 is 1.90 bits per heavy atom. The lowest BCUT2D eigenvalue weighted by atomic mass is 9.87. The maximum atomic E-state index is 12.2. The Hall–Kier alpha value is -2.39. The van der Waals surface area contributed by atoms with Crippen molar-refractivity contribution < 1.29 is 9.53 Å². The van der Waals surface area contributed by atoms with Gasteiger partial charge in [0.1, 0.15) is 11.6 Å². The van der Waals surface area contributed by atoms with Crippen LogP contribution in [0.15, 0.2) is 52.2 Å². The molecular formula is C22H26BrN5O2S. The highest BCUT2D eigenvalue weighted by Gasteiger charge is 2.19. The molecule has 0 radical (unpaired) electrons. The molecule has 2 aromatic heterocycles. The molecular weight excluding hydrogens is 478 g/mol. The van der Waals surface area contributed by atoms with E-state index in [1.165, 1.54) is 17.3 Å². The lowest BCUT2D eigenvalue weighted by molar-refractivity contribution is -0.113. The van der Waals surface area contributed by atoms with Crippen molar-refractivity contribution in [3.63, 3.8) is 0 Å². The van der Waals surface area contributed by atoms with E-state index in [1.54, 1.807) is 12.3 Å². The van der Waals surface area contributed by atoms with E-state index in [0.717, 1.165) is 10.2 Å². The first-order chi connectivity index (χ1) is 14.6. The van der Waals surface area contributed by atoms with E-state index in [9.17, 15) is 4.79 Å². The van der Waals surface area contributed by atoms with Crippen LogP contribution in [0.4, 0.5) is 5.82 Å². The predicted molar refractivity (Wildman–Crippen MR) is 126 cm³/mol. The minimum atomic E-state index is -0.284. The van der Waals surface area contributed by atoms with Gasteiger partial charge in [0.2, 0.25) is 5.91 Å². The second kappa shape index (κ2) is 9.82. The van der Waals surface area contributed by atoms with Gasteiger partial charge in [-0.3, -0.25) is 4.79 Å². The molecule has 0 bridgehead atoms. The predicted octanol–water partition coefficient (Wildman–Crippen LogP) is 5.14. The number of anilines is 1. The van der Waals surface area contributed by atoms with Gasteiger partial charge in [0, 0.05) is 17.7 Å². The van der Waals surface area contributed by atoms with Crippen molar-refractivity contribution in [1.29, 1.82) is 0 Å². The van der Waals surface area contributed by atoms with Gasteiger partial charge in [0.25, 0.3) is 0 Å². The maximum Gasteiger partial charge on any atom is 0.236 e. The summed E-state index contributed by atoms with van der Waals surface area (Å²) in [6, 6.07) is 11.7. The summed E-state index contributed by atoms with van der Waals surface area (Å²) in [4.78, 5) is 16.3. The first-order valence-corrected chi connectivity index (χ1v) is 11.6. The lowest BCUT2D eigenvalue weighted by Crippen LogP contribution is -2.15. The molecule has 0 aliphatic rings. The van der Waals surface area contributed by atoms with Gasteiger partial charge in [-0.2, -0.15) is 0 Å². The number of carbonyl (C=O) groups is 1. The second-order valence-corrected chi connectivity index (χ2v) is 9.99. The quantitative estimate of drug-likeness (QED) is 0.449. The minimum absolute atomic E-state index is 0.0968. The number of aromatic nitrogens is 4. The number of halogens is 1. The molecule has 1 aromatic carbocycles. The Kier molecular flexibility index (Phi) is 7.38. The Bertz CT molecular complexity index is 1030. The molecule has 3 rings (SSSR count). The van der Waals surface area contributed by atoms with E-state index in [0.29, 0.717) is 16.8 Å². The van der Waals surface area contributed by atoms with E-state index in [-0.39, 0.29) is 23.2 Å². The summed E-state index contributed by atoms with van der Waals surface area (Å²) in [6.07, 6.45) is 1.35.